The Balaban J connectivity index is 2.22. The van der Waals surface area contributed by atoms with Gasteiger partial charge in [-0.3, -0.25) is 0 Å². The SMILES string of the molecule is COc1cccc2ccc(-c3ccccc3)[s+]c12. The van der Waals surface area contributed by atoms with Crippen molar-refractivity contribution in [3.63, 3.8) is 0 Å². The molecule has 88 valence electrons. The molecule has 0 unspecified atom stereocenters. The molecule has 0 amide bonds. The van der Waals surface area contributed by atoms with Crippen LogP contribution in [0.15, 0.2) is 60.7 Å². The third kappa shape index (κ3) is 1.95. The molecule has 0 saturated heterocycles. The Hall–Kier alpha value is -1.93. The maximum Gasteiger partial charge on any atom is 0.280 e. The summed E-state index contributed by atoms with van der Waals surface area (Å²) >= 11 is 1.77. The number of benzene rings is 2. The number of methoxy groups -OCH3 is 1. The van der Waals surface area contributed by atoms with E-state index in [9.17, 15) is 0 Å². The van der Waals surface area contributed by atoms with Gasteiger partial charge >= 0.3 is 0 Å². The van der Waals surface area contributed by atoms with Crippen LogP contribution in [0.3, 0.4) is 0 Å². The highest BCUT2D eigenvalue weighted by atomic mass is 32.1. The van der Waals surface area contributed by atoms with Crippen LogP contribution in [0, 0.1) is 0 Å². The summed E-state index contributed by atoms with van der Waals surface area (Å²) in [6.07, 6.45) is 0. The number of rotatable bonds is 2. The highest BCUT2D eigenvalue weighted by Crippen LogP contribution is 2.35. The van der Waals surface area contributed by atoms with E-state index >= 15 is 0 Å². The van der Waals surface area contributed by atoms with Crippen LogP contribution >= 0.6 is 11.3 Å². The van der Waals surface area contributed by atoms with Crippen molar-refractivity contribution in [3.05, 3.63) is 60.7 Å². The Morgan fingerprint density at radius 2 is 1.67 bits per heavy atom. The number of fused-ring (bicyclic) bond motifs is 1. The lowest BCUT2D eigenvalue weighted by Gasteiger charge is -1.98. The van der Waals surface area contributed by atoms with E-state index in [1.54, 1.807) is 18.4 Å². The minimum atomic E-state index is 0.940. The van der Waals surface area contributed by atoms with Crippen molar-refractivity contribution >= 4 is 21.4 Å². The summed E-state index contributed by atoms with van der Waals surface area (Å²) < 4.78 is 6.62. The smallest absolute Gasteiger partial charge is 0.280 e. The van der Waals surface area contributed by atoms with Crippen LogP contribution < -0.4 is 4.74 Å². The quantitative estimate of drug-likeness (QED) is 0.593. The van der Waals surface area contributed by atoms with Crippen LogP contribution in [0.25, 0.3) is 20.5 Å². The summed E-state index contributed by atoms with van der Waals surface area (Å²) in [5, 5.41) is 1.22. The minimum absolute atomic E-state index is 0.940. The van der Waals surface area contributed by atoms with E-state index in [4.69, 9.17) is 4.74 Å². The van der Waals surface area contributed by atoms with Gasteiger partial charge in [-0.2, -0.15) is 0 Å². The van der Waals surface area contributed by atoms with Crippen LogP contribution in [0.2, 0.25) is 0 Å². The lowest BCUT2D eigenvalue weighted by atomic mass is 10.2. The average Bonchev–Trinajstić information content (AvgIpc) is 2.47. The van der Waals surface area contributed by atoms with E-state index in [1.807, 2.05) is 18.2 Å². The van der Waals surface area contributed by atoms with E-state index in [0.717, 1.165) is 5.75 Å². The lowest BCUT2D eigenvalue weighted by Crippen LogP contribution is -1.83. The largest absolute Gasteiger partial charge is 0.491 e. The summed E-state index contributed by atoms with van der Waals surface area (Å²) in [4.78, 5) is 1.26. The molecular formula is C16H13OS+. The topological polar surface area (TPSA) is 9.23 Å². The fourth-order valence-corrected chi connectivity index (χ4v) is 3.12. The highest BCUT2D eigenvalue weighted by molar-refractivity contribution is 7.21. The fourth-order valence-electron chi connectivity index (χ4n) is 2.00. The molecule has 0 saturated carbocycles. The zero-order chi connectivity index (χ0) is 12.4. The zero-order valence-corrected chi connectivity index (χ0v) is 10.9. The number of hydrogen-bond donors (Lipinski definition) is 0. The van der Waals surface area contributed by atoms with Crippen molar-refractivity contribution in [2.45, 2.75) is 0 Å². The van der Waals surface area contributed by atoms with Gasteiger partial charge in [-0.15, -0.1) is 0 Å². The first-order valence-corrected chi connectivity index (χ1v) is 6.65. The van der Waals surface area contributed by atoms with Gasteiger partial charge in [0.15, 0.2) is 5.75 Å². The van der Waals surface area contributed by atoms with Crippen molar-refractivity contribution < 1.29 is 4.74 Å². The summed E-state index contributed by atoms with van der Waals surface area (Å²) in [6, 6.07) is 20.9. The van der Waals surface area contributed by atoms with Gasteiger partial charge in [-0.05, 0) is 30.3 Å². The minimum Gasteiger partial charge on any atom is -0.491 e. The molecule has 0 atom stereocenters. The molecule has 0 N–H and O–H groups in total. The summed E-state index contributed by atoms with van der Waals surface area (Å²) in [5.41, 5.74) is 1.25. The molecule has 3 rings (SSSR count). The van der Waals surface area contributed by atoms with Gasteiger partial charge in [0.2, 0.25) is 16.2 Å². The second-order valence-corrected chi connectivity index (χ2v) is 5.10. The molecule has 0 aliphatic rings. The van der Waals surface area contributed by atoms with Crippen molar-refractivity contribution in [2.24, 2.45) is 0 Å². The number of ether oxygens (including phenoxy) is 1. The molecule has 0 fully saturated rings. The molecule has 0 bridgehead atoms. The van der Waals surface area contributed by atoms with Crippen LogP contribution in [0.4, 0.5) is 0 Å². The zero-order valence-electron chi connectivity index (χ0n) is 10.1. The van der Waals surface area contributed by atoms with Crippen molar-refractivity contribution in [1.29, 1.82) is 0 Å². The lowest BCUT2D eigenvalue weighted by molar-refractivity contribution is 0.420. The first-order chi connectivity index (χ1) is 8.88. The average molecular weight is 253 g/mol. The molecule has 0 aliphatic carbocycles. The van der Waals surface area contributed by atoms with Gasteiger partial charge in [0.1, 0.15) is 0 Å². The van der Waals surface area contributed by atoms with E-state index in [1.165, 1.54) is 20.5 Å². The van der Waals surface area contributed by atoms with Crippen LogP contribution in [0.5, 0.6) is 5.75 Å². The summed E-state index contributed by atoms with van der Waals surface area (Å²) in [5.74, 6) is 0.940. The monoisotopic (exact) mass is 253 g/mol. The molecule has 2 aromatic carbocycles. The van der Waals surface area contributed by atoms with Crippen molar-refractivity contribution in [2.75, 3.05) is 7.11 Å². The van der Waals surface area contributed by atoms with E-state index in [2.05, 4.69) is 42.5 Å². The molecule has 0 spiro atoms. The van der Waals surface area contributed by atoms with E-state index in [-0.39, 0.29) is 0 Å². The van der Waals surface area contributed by atoms with Gasteiger partial charge in [0, 0.05) is 17.0 Å². The predicted octanol–water partition coefficient (Wildman–Crippen LogP) is 4.86. The van der Waals surface area contributed by atoms with Crippen LogP contribution in [-0.4, -0.2) is 7.11 Å². The fraction of sp³-hybridized carbons (Fsp3) is 0.0625. The molecule has 1 heterocycles. The molecule has 1 aromatic heterocycles. The Morgan fingerprint density at radius 3 is 2.44 bits per heavy atom. The second kappa shape index (κ2) is 4.75. The molecule has 0 aliphatic heterocycles. The van der Waals surface area contributed by atoms with E-state index in [0.29, 0.717) is 0 Å². The second-order valence-electron chi connectivity index (χ2n) is 4.04. The van der Waals surface area contributed by atoms with Gasteiger partial charge in [-0.25, -0.2) is 0 Å². The van der Waals surface area contributed by atoms with E-state index < -0.39 is 0 Å². The maximum absolute atomic E-state index is 5.43. The maximum atomic E-state index is 5.43. The third-order valence-corrected chi connectivity index (χ3v) is 4.15. The van der Waals surface area contributed by atoms with Crippen LogP contribution in [0.1, 0.15) is 0 Å². The molecule has 2 heteroatoms. The summed E-state index contributed by atoms with van der Waals surface area (Å²) in [6.45, 7) is 0. The van der Waals surface area contributed by atoms with Gasteiger partial charge in [0.25, 0.3) is 4.70 Å². The van der Waals surface area contributed by atoms with Gasteiger partial charge < -0.3 is 4.74 Å². The Bertz CT molecular complexity index is 677. The molecule has 3 aromatic rings. The van der Waals surface area contributed by atoms with Crippen molar-refractivity contribution in [1.82, 2.24) is 0 Å². The standard InChI is InChI=1S/C16H13OS/c1-17-14-9-5-8-13-10-11-15(18-16(13)14)12-6-3-2-4-7-12/h2-11H,1H3/q+1. The first-order valence-electron chi connectivity index (χ1n) is 5.84. The van der Waals surface area contributed by atoms with Gasteiger partial charge in [0.05, 0.1) is 7.11 Å². The molecule has 1 nitrogen and oxygen atoms in total. The molecule has 18 heavy (non-hydrogen) atoms. The third-order valence-electron chi connectivity index (χ3n) is 2.91. The van der Waals surface area contributed by atoms with Crippen molar-refractivity contribution in [3.8, 4) is 16.2 Å². The summed E-state index contributed by atoms with van der Waals surface area (Å²) in [7, 11) is 1.72. The number of hydrogen-bond acceptors (Lipinski definition) is 1. The normalized spacial score (nSPS) is 10.5. The predicted molar refractivity (Wildman–Crippen MR) is 78.2 cm³/mol. The molecule has 0 radical (unpaired) electrons. The molecular weight excluding hydrogens is 240 g/mol. The van der Waals surface area contributed by atoms with Gasteiger partial charge in [-0.1, -0.05) is 24.3 Å². The Kier molecular flexibility index (Phi) is 2.95. The Labute approximate surface area is 110 Å². The Morgan fingerprint density at radius 1 is 0.833 bits per heavy atom. The highest BCUT2D eigenvalue weighted by Gasteiger charge is 2.16. The first kappa shape index (κ1) is 11.2. The van der Waals surface area contributed by atoms with Crippen LogP contribution in [-0.2, 0) is 0 Å².